The quantitative estimate of drug-likeness (QED) is 0.614. The molecule has 0 saturated heterocycles. The maximum absolute atomic E-state index is 10.6. The zero-order valence-electron chi connectivity index (χ0n) is 9.60. The number of carboxylic acids is 2. The fourth-order valence-electron chi connectivity index (χ4n) is 1.63. The van der Waals surface area contributed by atoms with E-state index in [1.165, 1.54) is 6.08 Å². The van der Waals surface area contributed by atoms with E-state index in [4.69, 9.17) is 21.8 Å². The van der Waals surface area contributed by atoms with Crippen molar-refractivity contribution in [3.05, 3.63) is 41.0 Å². The summed E-state index contributed by atoms with van der Waals surface area (Å²) < 4.78 is 0. The van der Waals surface area contributed by atoms with Gasteiger partial charge in [0.05, 0.1) is 0 Å². The third-order valence-corrected chi connectivity index (χ3v) is 2.74. The van der Waals surface area contributed by atoms with Gasteiger partial charge in [0.15, 0.2) is 0 Å². The van der Waals surface area contributed by atoms with E-state index in [2.05, 4.69) is 0 Å². The summed E-state index contributed by atoms with van der Waals surface area (Å²) in [5.74, 6) is -1.67. The van der Waals surface area contributed by atoms with Gasteiger partial charge >= 0.3 is 11.9 Å². The highest BCUT2D eigenvalue weighted by atomic mass is 35.5. The molecule has 0 aromatic heterocycles. The number of carboxylic acid groups (broad SMARTS) is 2. The van der Waals surface area contributed by atoms with Crippen LogP contribution in [0.15, 0.2) is 24.3 Å². The van der Waals surface area contributed by atoms with Crippen molar-refractivity contribution in [3.8, 4) is 0 Å². The lowest BCUT2D eigenvalue weighted by molar-refractivity contribution is -0.137. The van der Waals surface area contributed by atoms with Crippen LogP contribution >= 0.6 is 11.6 Å². The van der Waals surface area contributed by atoms with E-state index in [1.807, 2.05) is 6.07 Å². The third kappa shape index (κ3) is 4.22. The smallest absolute Gasteiger partial charge is 0.328 e. The Morgan fingerprint density at radius 3 is 2.56 bits per heavy atom. The summed E-state index contributed by atoms with van der Waals surface area (Å²) in [5, 5.41) is 17.3. The number of halogens is 1. The summed E-state index contributed by atoms with van der Waals surface area (Å²) in [6.07, 6.45) is 2.80. The van der Waals surface area contributed by atoms with Gasteiger partial charge in [0, 0.05) is 18.4 Å². The highest BCUT2D eigenvalue weighted by Gasteiger charge is 2.08. The molecule has 0 saturated carbocycles. The van der Waals surface area contributed by atoms with E-state index in [0.29, 0.717) is 12.0 Å². The van der Waals surface area contributed by atoms with Crippen LogP contribution < -0.4 is 0 Å². The lowest BCUT2D eigenvalue weighted by atomic mass is 9.97. The Hall–Kier alpha value is -1.81. The Kier molecular flexibility index (Phi) is 5.39. The van der Waals surface area contributed by atoms with Gasteiger partial charge in [-0.25, -0.2) is 4.79 Å². The Morgan fingerprint density at radius 1 is 1.28 bits per heavy atom. The van der Waals surface area contributed by atoms with Gasteiger partial charge in [-0.05, 0) is 29.2 Å². The molecule has 1 aromatic carbocycles. The topological polar surface area (TPSA) is 74.6 Å². The van der Waals surface area contributed by atoms with Crippen LogP contribution in [0.3, 0.4) is 0 Å². The van der Waals surface area contributed by atoms with Crippen LogP contribution in [-0.4, -0.2) is 22.2 Å². The fourth-order valence-corrected chi connectivity index (χ4v) is 1.88. The van der Waals surface area contributed by atoms with Gasteiger partial charge in [-0.1, -0.05) is 18.2 Å². The molecule has 0 heterocycles. The van der Waals surface area contributed by atoms with Crippen LogP contribution in [0, 0.1) is 0 Å². The second kappa shape index (κ2) is 6.81. The number of rotatable bonds is 6. The highest BCUT2D eigenvalue weighted by molar-refractivity contribution is 6.17. The van der Waals surface area contributed by atoms with Gasteiger partial charge in [0.25, 0.3) is 0 Å². The molecule has 96 valence electrons. The van der Waals surface area contributed by atoms with Gasteiger partial charge < -0.3 is 10.2 Å². The molecular formula is C13H13ClO4. The van der Waals surface area contributed by atoms with Gasteiger partial charge in [-0.15, -0.1) is 11.6 Å². The van der Waals surface area contributed by atoms with Gasteiger partial charge in [-0.2, -0.15) is 0 Å². The van der Waals surface area contributed by atoms with Crippen molar-refractivity contribution in [1.82, 2.24) is 0 Å². The first-order valence-corrected chi connectivity index (χ1v) is 5.87. The summed E-state index contributed by atoms with van der Waals surface area (Å²) in [5.41, 5.74) is 2.30. The Balaban J connectivity index is 3.07. The number of carbonyl (C=O) groups is 2. The molecule has 1 aromatic rings. The average Bonchev–Trinajstić information content (AvgIpc) is 2.33. The standard InChI is InChI=1S/C13H13ClO4/c14-8-10-3-1-2-9(4-6-12(15)16)11(10)5-7-13(17)18/h1-4,6H,5,7-8H2,(H,15,16)(H,17,18). The molecule has 18 heavy (non-hydrogen) atoms. The largest absolute Gasteiger partial charge is 0.481 e. The summed E-state index contributed by atoms with van der Waals surface area (Å²) in [7, 11) is 0. The fraction of sp³-hybridized carbons (Fsp3) is 0.231. The average molecular weight is 269 g/mol. The number of hydrogen-bond donors (Lipinski definition) is 2. The first-order chi connectivity index (χ1) is 8.54. The van der Waals surface area contributed by atoms with Crippen LogP contribution in [0.2, 0.25) is 0 Å². The molecule has 1 rings (SSSR count). The molecule has 0 bridgehead atoms. The van der Waals surface area contributed by atoms with Crippen LogP contribution in [0.5, 0.6) is 0 Å². The van der Waals surface area contributed by atoms with E-state index >= 15 is 0 Å². The van der Waals surface area contributed by atoms with Crippen molar-refractivity contribution < 1.29 is 19.8 Å². The maximum Gasteiger partial charge on any atom is 0.328 e. The predicted molar refractivity (Wildman–Crippen MR) is 68.6 cm³/mol. The van der Waals surface area contributed by atoms with E-state index in [9.17, 15) is 9.59 Å². The first kappa shape index (κ1) is 14.3. The molecule has 0 amide bonds. The van der Waals surface area contributed by atoms with Gasteiger partial charge in [-0.3, -0.25) is 4.79 Å². The molecule has 0 unspecified atom stereocenters. The minimum absolute atomic E-state index is 0.0121. The highest BCUT2D eigenvalue weighted by Crippen LogP contribution is 2.20. The van der Waals surface area contributed by atoms with E-state index in [0.717, 1.165) is 17.2 Å². The van der Waals surface area contributed by atoms with Crippen molar-refractivity contribution in [3.63, 3.8) is 0 Å². The number of alkyl halides is 1. The number of aliphatic carboxylic acids is 2. The Labute approximate surface area is 110 Å². The molecule has 4 nitrogen and oxygen atoms in total. The van der Waals surface area contributed by atoms with Crippen molar-refractivity contribution in [2.24, 2.45) is 0 Å². The molecular weight excluding hydrogens is 256 g/mol. The molecule has 2 N–H and O–H groups in total. The SMILES string of the molecule is O=C(O)C=Cc1cccc(CCl)c1CCC(=O)O. The molecule has 0 fully saturated rings. The van der Waals surface area contributed by atoms with Crippen molar-refractivity contribution in [2.45, 2.75) is 18.7 Å². The lowest BCUT2D eigenvalue weighted by Crippen LogP contribution is -2.02. The molecule has 0 aliphatic rings. The van der Waals surface area contributed by atoms with Gasteiger partial charge in [0.1, 0.15) is 0 Å². The molecule has 5 heteroatoms. The zero-order chi connectivity index (χ0) is 13.5. The second-order valence-electron chi connectivity index (χ2n) is 3.68. The van der Waals surface area contributed by atoms with Crippen LogP contribution in [0.4, 0.5) is 0 Å². The lowest BCUT2D eigenvalue weighted by Gasteiger charge is -2.09. The molecule has 0 radical (unpaired) electrons. The summed E-state index contributed by atoms with van der Waals surface area (Å²) >= 11 is 5.79. The minimum atomic E-state index is -1.05. The zero-order valence-corrected chi connectivity index (χ0v) is 10.4. The molecule has 0 aliphatic carbocycles. The van der Waals surface area contributed by atoms with Crippen LogP contribution in [-0.2, 0) is 21.9 Å². The third-order valence-electron chi connectivity index (χ3n) is 2.45. The molecule has 0 atom stereocenters. The van der Waals surface area contributed by atoms with E-state index < -0.39 is 11.9 Å². The van der Waals surface area contributed by atoms with Gasteiger partial charge in [0.2, 0.25) is 0 Å². The van der Waals surface area contributed by atoms with Crippen molar-refractivity contribution in [2.75, 3.05) is 0 Å². The van der Waals surface area contributed by atoms with Crippen molar-refractivity contribution in [1.29, 1.82) is 0 Å². The summed E-state index contributed by atoms with van der Waals surface area (Å²) in [6, 6.07) is 5.32. The molecule has 0 aliphatic heterocycles. The monoisotopic (exact) mass is 268 g/mol. The predicted octanol–water partition coefficient (Wildman–Crippen LogP) is 2.54. The minimum Gasteiger partial charge on any atom is -0.481 e. The second-order valence-corrected chi connectivity index (χ2v) is 3.95. The van der Waals surface area contributed by atoms with Crippen molar-refractivity contribution >= 4 is 29.6 Å². The first-order valence-electron chi connectivity index (χ1n) is 5.34. The maximum atomic E-state index is 10.6. The number of benzene rings is 1. The van der Waals surface area contributed by atoms with Crippen LogP contribution in [0.1, 0.15) is 23.1 Å². The molecule has 0 spiro atoms. The summed E-state index contributed by atoms with van der Waals surface area (Å²) in [6.45, 7) is 0. The number of hydrogen-bond acceptors (Lipinski definition) is 2. The Morgan fingerprint density at radius 2 is 2.00 bits per heavy atom. The van der Waals surface area contributed by atoms with Crippen LogP contribution in [0.25, 0.3) is 6.08 Å². The Bertz CT molecular complexity index is 480. The normalized spacial score (nSPS) is 10.7. The van der Waals surface area contributed by atoms with E-state index in [-0.39, 0.29) is 12.3 Å². The summed E-state index contributed by atoms with van der Waals surface area (Å²) in [4.78, 5) is 21.1. The van der Waals surface area contributed by atoms with E-state index in [1.54, 1.807) is 12.1 Å².